The highest BCUT2D eigenvalue weighted by atomic mass is 127. The second-order valence-corrected chi connectivity index (χ2v) is 12.0. The van der Waals surface area contributed by atoms with Crippen LogP contribution in [-0.4, -0.2) is 71.6 Å². The van der Waals surface area contributed by atoms with Crippen molar-refractivity contribution in [1.29, 1.82) is 0 Å². The summed E-state index contributed by atoms with van der Waals surface area (Å²) in [5.74, 6) is 3.81. The number of pyridine rings is 1. The van der Waals surface area contributed by atoms with Crippen LogP contribution in [-0.2, 0) is 0 Å². The maximum Gasteiger partial charge on any atom is 0.263 e. The molecule has 11 heteroatoms. The number of likely N-dealkylation sites (N-methyl/N-ethyl adjacent to an activating group) is 1. The number of aromatic nitrogens is 3. The maximum atomic E-state index is 12.8. The Morgan fingerprint density at radius 3 is 2.76 bits per heavy atom. The number of thiophene rings is 1. The Hall–Kier alpha value is -2.66. The number of nitrogens with one attached hydrogen (secondary N) is 2. The number of anilines is 2. The van der Waals surface area contributed by atoms with Crippen LogP contribution in [0.25, 0.3) is 32.4 Å². The minimum atomic E-state index is -0.0258. The first-order valence-electron chi connectivity index (χ1n) is 12.0. The monoisotopic (exact) mass is 641 g/mol. The summed E-state index contributed by atoms with van der Waals surface area (Å²) in [5, 5.41) is 11.7. The van der Waals surface area contributed by atoms with E-state index in [0.717, 1.165) is 69.1 Å². The van der Waals surface area contributed by atoms with Crippen molar-refractivity contribution in [2.75, 3.05) is 50.0 Å². The molecule has 6 rings (SSSR count). The molecule has 0 aliphatic carbocycles. The maximum absolute atomic E-state index is 12.8. The third kappa shape index (κ3) is 4.83. The van der Waals surface area contributed by atoms with Crippen molar-refractivity contribution in [2.45, 2.75) is 13.0 Å². The fraction of sp³-hybridized carbons (Fsp3) is 0.308. The molecule has 4 aromatic rings. The molecular weight excluding hydrogens is 617 g/mol. The van der Waals surface area contributed by atoms with Crippen molar-refractivity contribution in [2.24, 2.45) is 0 Å². The largest absolute Gasteiger partial charge is 0.381 e. The number of carbonyl (C=O) groups is 1. The fourth-order valence-electron chi connectivity index (χ4n) is 4.72. The van der Waals surface area contributed by atoms with Crippen molar-refractivity contribution < 1.29 is 4.79 Å². The second kappa shape index (κ2) is 10.2. The van der Waals surface area contributed by atoms with E-state index in [-0.39, 0.29) is 11.9 Å². The van der Waals surface area contributed by atoms with Gasteiger partial charge in [0.1, 0.15) is 10.6 Å². The van der Waals surface area contributed by atoms with E-state index >= 15 is 0 Å². The fourth-order valence-corrected chi connectivity index (χ4v) is 6.29. The van der Waals surface area contributed by atoms with Gasteiger partial charge in [0, 0.05) is 81.5 Å². The van der Waals surface area contributed by atoms with Gasteiger partial charge in [0.2, 0.25) is 5.95 Å². The summed E-state index contributed by atoms with van der Waals surface area (Å²) in [6.07, 6.45) is 0. The van der Waals surface area contributed by atoms with Gasteiger partial charge in [-0.2, -0.15) is 0 Å². The first-order chi connectivity index (χ1) is 18.0. The topological polar surface area (TPSA) is 86.3 Å². The highest BCUT2D eigenvalue weighted by Gasteiger charge is 2.25. The van der Waals surface area contributed by atoms with Crippen molar-refractivity contribution in [3.05, 3.63) is 40.9 Å². The van der Waals surface area contributed by atoms with Crippen LogP contribution in [0.1, 0.15) is 22.3 Å². The number of halogens is 1. The number of amides is 1. The molecule has 2 aliphatic rings. The summed E-state index contributed by atoms with van der Waals surface area (Å²) in [4.78, 5) is 32.7. The lowest BCUT2D eigenvalue weighted by molar-refractivity contribution is 0.0949. The summed E-state index contributed by atoms with van der Waals surface area (Å²) < 4.78 is 1.07. The SMILES string of the molecule is C[C@@H]1CNc2c(sc3ccc4nc(-c5cc(C#CSI)nc(N6CCN(C)CC6)n5)ccc4c23)C(=O)N1. The van der Waals surface area contributed by atoms with E-state index in [1.165, 1.54) is 20.3 Å². The van der Waals surface area contributed by atoms with Crippen LogP contribution in [0.15, 0.2) is 30.3 Å². The zero-order valence-electron chi connectivity index (χ0n) is 20.3. The van der Waals surface area contributed by atoms with E-state index in [2.05, 4.69) is 72.0 Å². The summed E-state index contributed by atoms with van der Waals surface area (Å²) in [6, 6.07) is 10.1. The molecule has 1 aromatic carbocycles. The van der Waals surface area contributed by atoms with Gasteiger partial charge in [-0.3, -0.25) is 4.79 Å². The van der Waals surface area contributed by atoms with Crippen LogP contribution in [0.2, 0.25) is 0 Å². The van der Waals surface area contributed by atoms with Gasteiger partial charge in [-0.05, 0) is 58.3 Å². The van der Waals surface area contributed by atoms with Gasteiger partial charge in [0.15, 0.2) is 0 Å². The molecule has 0 radical (unpaired) electrons. The van der Waals surface area contributed by atoms with Crippen molar-refractivity contribution in [3.63, 3.8) is 0 Å². The zero-order chi connectivity index (χ0) is 25.5. The molecule has 0 spiro atoms. The van der Waals surface area contributed by atoms with Crippen molar-refractivity contribution >= 4 is 80.0 Å². The van der Waals surface area contributed by atoms with Crippen molar-refractivity contribution in [1.82, 2.24) is 25.2 Å². The van der Waals surface area contributed by atoms with Crippen LogP contribution in [0.4, 0.5) is 11.6 Å². The number of rotatable bonds is 2. The standard InChI is InChI=1S/C26H24IN7OS2/c1-15-14-28-23-22-17-3-4-19(31-18(17)5-6-21(22)37-24(23)25(35)29-15)20-13-16(7-12-36-27)30-26(32-20)34-10-8-33(2)9-11-34/h3-6,13,15,28H,8-11,14H2,1-2H3,(H,29,35)/t15-/m1/s1. The van der Waals surface area contributed by atoms with Gasteiger partial charge in [-0.15, -0.1) is 11.3 Å². The van der Waals surface area contributed by atoms with E-state index in [0.29, 0.717) is 18.2 Å². The summed E-state index contributed by atoms with van der Waals surface area (Å²) in [5.41, 5.74) is 3.98. The van der Waals surface area contributed by atoms with Gasteiger partial charge >= 0.3 is 0 Å². The number of hydrogen-bond donors (Lipinski definition) is 2. The molecule has 1 saturated heterocycles. The Morgan fingerprint density at radius 1 is 1.11 bits per heavy atom. The van der Waals surface area contributed by atoms with Crippen molar-refractivity contribution in [3.8, 4) is 22.6 Å². The molecule has 2 N–H and O–H groups in total. The Bertz CT molecular complexity index is 1590. The lowest BCUT2D eigenvalue weighted by Gasteiger charge is -2.32. The normalized spacial score (nSPS) is 18.1. The first kappa shape index (κ1) is 24.7. The highest BCUT2D eigenvalue weighted by molar-refractivity contribution is 14.2. The molecule has 3 aromatic heterocycles. The number of benzene rings is 1. The first-order valence-corrected chi connectivity index (χ1v) is 16.2. The van der Waals surface area contributed by atoms with Crippen LogP contribution in [0, 0.1) is 11.2 Å². The molecule has 0 saturated carbocycles. The highest BCUT2D eigenvalue weighted by Crippen LogP contribution is 2.41. The number of carbonyl (C=O) groups excluding carboxylic acids is 1. The average molecular weight is 642 g/mol. The van der Waals surface area contributed by atoms with E-state index in [1.807, 2.05) is 25.1 Å². The third-order valence-corrected chi connectivity index (χ3v) is 8.67. The number of fused-ring (bicyclic) bond motifs is 5. The molecule has 0 unspecified atom stereocenters. The Kier molecular flexibility index (Phi) is 6.83. The van der Waals surface area contributed by atoms with E-state index in [1.54, 1.807) is 0 Å². The van der Waals surface area contributed by atoms with Gasteiger partial charge in [0.05, 0.1) is 22.6 Å². The predicted molar refractivity (Wildman–Crippen MR) is 162 cm³/mol. The summed E-state index contributed by atoms with van der Waals surface area (Å²) in [7, 11) is 3.57. The Balaban J connectivity index is 1.45. The Labute approximate surface area is 235 Å². The lowest BCUT2D eigenvalue weighted by Crippen LogP contribution is -2.45. The number of nitrogens with zero attached hydrogens (tertiary/aromatic N) is 5. The molecule has 2 aliphatic heterocycles. The smallest absolute Gasteiger partial charge is 0.263 e. The average Bonchev–Trinajstić information content (AvgIpc) is 3.23. The van der Waals surface area contributed by atoms with Gasteiger partial charge in [-0.1, -0.05) is 0 Å². The quantitative estimate of drug-likeness (QED) is 0.243. The zero-order valence-corrected chi connectivity index (χ0v) is 24.1. The third-order valence-electron chi connectivity index (χ3n) is 6.67. The predicted octanol–water partition coefficient (Wildman–Crippen LogP) is 4.59. The molecule has 37 heavy (non-hydrogen) atoms. The molecule has 5 heterocycles. The molecule has 1 amide bonds. The van der Waals surface area contributed by atoms with Gasteiger partial charge in [-0.25, -0.2) is 15.0 Å². The van der Waals surface area contributed by atoms with E-state index in [9.17, 15) is 4.79 Å². The summed E-state index contributed by atoms with van der Waals surface area (Å²) in [6.45, 7) is 6.38. The van der Waals surface area contributed by atoms with Gasteiger partial charge in [0.25, 0.3) is 5.91 Å². The molecule has 1 atom stereocenters. The molecular formula is C26H24IN7OS2. The minimum Gasteiger partial charge on any atom is -0.381 e. The lowest BCUT2D eigenvalue weighted by atomic mass is 10.1. The number of piperazine rings is 1. The van der Waals surface area contributed by atoms with Crippen LogP contribution < -0.4 is 15.5 Å². The summed E-state index contributed by atoms with van der Waals surface area (Å²) >= 11 is 3.68. The van der Waals surface area contributed by atoms with Crippen LogP contribution in [0.3, 0.4) is 0 Å². The minimum absolute atomic E-state index is 0.0258. The molecule has 0 bridgehead atoms. The Morgan fingerprint density at radius 2 is 1.95 bits per heavy atom. The van der Waals surface area contributed by atoms with Crippen LogP contribution in [0.5, 0.6) is 0 Å². The van der Waals surface area contributed by atoms with Gasteiger partial charge < -0.3 is 20.4 Å². The molecule has 188 valence electrons. The number of hydrogen-bond acceptors (Lipinski definition) is 9. The van der Waals surface area contributed by atoms with E-state index < -0.39 is 0 Å². The van der Waals surface area contributed by atoms with E-state index in [4.69, 9.17) is 15.0 Å². The molecule has 1 fully saturated rings. The van der Waals surface area contributed by atoms with Crippen LogP contribution >= 0.6 is 41.5 Å². The second-order valence-electron chi connectivity index (χ2n) is 9.30. The molecule has 8 nitrogen and oxygen atoms in total.